The van der Waals surface area contributed by atoms with E-state index in [1.165, 1.54) is 0 Å². The van der Waals surface area contributed by atoms with E-state index in [9.17, 15) is 0 Å². The van der Waals surface area contributed by atoms with Crippen LogP contribution in [0.5, 0.6) is 0 Å². The van der Waals surface area contributed by atoms with Crippen molar-refractivity contribution in [3.63, 3.8) is 0 Å². The second-order valence-electron chi connectivity index (χ2n) is 6.48. The van der Waals surface area contributed by atoms with Gasteiger partial charge in [0.05, 0.1) is 10.0 Å². The molecule has 0 amide bonds. The normalized spacial score (nSPS) is 12.2. The zero-order chi connectivity index (χ0) is 15.9. The topological polar surface area (TPSA) is 43.8 Å². The summed E-state index contributed by atoms with van der Waals surface area (Å²) in [6.45, 7) is 10.6. The summed E-state index contributed by atoms with van der Waals surface area (Å²) in [6, 6.07) is 5.73. The largest absolute Gasteiger partial charge is 0.383 e. The number of benzene rings is 1. The molecule has 1 aromatic carbocycles. The molecule has 0 aliphatic rings. The fourth-order valence-corrected chi connectivity index (χ4v) is 2.77. The Morgan fingerprint density at radius 1 is 1.19 bits per heavy atom. The van der Waals surface area contributed by atoms with Crippen LogP contribution < -0.4 is 5.73 Å². The summed E-state index contributed by atoms with van der Waals surface area (Å²) < 4.78 is 2.06. The van der Waals surface area contributed by atoms with Crippen LogP contribution in [-0.4, -0.2) is 9.55 Å². The van der Waals surface area contributed by atoms with Crippen LogP contribution in [0.4, 0.5) is 5.82 Å². The number of nitrogens with two attached hydrogens (primary N) is 1. The minimum Gasteiger partial charge on any atom is -0.383 e. The number of nitrogen functional groups attached to an aromatic ring is 1. The Labute approximate surface area is 136 Å². The summed E-state index contributed by atoms with van der Waals surface area (Å²) in [7, 11) is 0. The number of nitrogens with zero attached hydrogens (tertiary/aromatic N) is 2. The van der Waals surface area contributed by atoms with Crippen LogP contribution in [0.25, 0.3) is 11.3 Å². The van der Waals surface area contributed by atoms with Gasteiger partial charge in [0.1, 0.15) is 17.3 Å². The van der Waals surface area contributed by atoms with Gasteiger partial charge >= 0.3 is 0 Å². The first-order valence-corrected chi connectivity index (χ1v) is 7.72. The van der Waals surface area contributed by atoms with Crippen molar-refractivity contribution in [1.82, 2.24) is 9.55 Å². The third kappa shape index (κ3) is 2.90. The third-order valence-corrected chi connectivity index (χ3v) is 4.16. The predicted molar refractivity (Wildman–Crippen MR) is 91.2 cm³/mol. The fourth-order valence-electron chi connectivity index (χ4n) is 2.38. The molecule has 0 atom stereocenters. The highest BCUT2D eigenvalue weighted by molar-refractivity contribution is 6.43. The molecule has 0 aliphatic carbocycles. The lowest BCUT2D eigenvalue weighted by atomic mass is 9.95. The van der Waals surface area contributed by atoms with Crippen molar-refractivity contribution in [3.05, 3.63) is 34.1 Å². The van der Waals surface area contributed by atoms with E-state index in [-0.39, 0.29) is 11.5 Å². The van der Waals surface area contributed by atoms with Crippen LogP contribution in [-0.2, 0) is 5.41 Å². The number of anilines is 1. The van der Waals surface area contributed by atoms with Gasteiger partial charge in [0.2, 0.25) is 0 Å². The van der Waals surface area contributed by atoms with E-state index in [2.05, 4.69) is 39.2 Å². The molecule has 1 aromatic heterocycles. The molecule has 0 fully saturated rings. The molecule has 114 valence electrons. The van der Waals surface area contributed by atoms with Crippen LogP contribution in [0.3, 0.4) is 0 Å². The van der Waals surface area contributed by atoms with E-state index in [1.807, 2.05) is 12.1 Å². The zero-order valence-electron chi connectivity index (χ0n) is 13.0. The van der Waals surface area contributed by atoms with Crippen LogP contribution in [0.2, 0.25) is 10.0 Å². The van der Waals surface area contributed by atoms with E-state index in [0.717, 1.165) is 11.4 Å². The van der Waals surface area contributed by atoms with Gasteiger partial charge in [-0.1, -0.05) is 56.1 Å². The van der Waals surface area contributed by atoms with Crippen molar-refractivity contribution in [2.24, 2.45) is 0 Å². The van der Waals surface area contributed by atoms with Crippen molar-refractivity contribution >= 4 is 29.0 Å². The van der Waals surface area contributed by atoms with Crippen molar-refractivity contribution in [2.45, 2.75) is 46.1 Å². The van der Waals surface area contributed by atoms with E-state index in [0.29, 0.717) is 21.6 Å². The summed E-state index contributed by atoms with van der Waals surface area (Å²) in [4.78, 5) is 4.77. The second kappa shape index (κ2) is 5.54. The fraction of sp³-hybridized carbons (Fsp3) is 0.438. The van der Waals surface area contributed by atoms with Gasteiger partial charge in [0.25, 0.3) is 0 Å². The number of hydrogen-bond acceptors (Lipinski definition) is 2. The maximum atomic E-state index is 6.35. The molecule has 0 saturated heterocycles. The highest BCUT2D eigenvalue weighted by Gasteiger charge is 2.27. The lowest BCUT2D eigenvalue weighted by molar-refractivity contribution is 0.473. The quantitative estimate of drug-likeness (QED) is 0.812. The van der Waals surface area contributed by atoms with Gasteiger partial charge in [0, 0.05) is 17.0 Å². The lowest BCUT2D eigenvalue weighted by Gasteiger charge is -2.22. The van der Waals surface area contributed by atoms with Gasteiger partial charge in [-0.05, 0) is 19.9 Å². The molecule has 2 aromatic rings. The number of imidazole rings is 1. The van der Waals surface area contributed by atoms with Crippen LogP contribution in [0, 0.1) is 0 Å². The molecule has 0 bridgehead atoms. The average molecular weight is 326 g/mol. The standard InChI is InChI=1S/C16H21Cl2N3/c1-9(2)21-14(19)13(20-15(21)16(3,4)5)10-7-6-8-11(17)12(10)18/h6-9H,19H2,1-5H3. The first kappa shape index (κ1) is 16.2. The third-order valence-electron chi connectivity index (χ3n) is 3.34. The van der Waals surface area contributed by atoms with Crippen LogP contribution >= 0.6 is 23.2 Å². The molecule has 0 spiro atoms. The first-order chi connectivity index (χ1) is 9.64. The summed E-state index contributed by atoms with van der Waals surface area (Å²) in [5.74, 6) is 1.57. The number of rotatable bonds is 2. The molecular formula is C16H21Cl2N3. The molecular weight excluding hydrogens is 305 g/mol. The minimum absolute atomic E-state index is 0.109. The molecule has 5 heteroatoms. The number of halogens is 2. The zero-order valence-corrected chi connectivity index (χ0v) is 14.5. The van der Waals surface area contributed by atoms with Gasteiger partial charge in [-0.25, -0.2) is 4.98 Å². The minimum atomic E-state index is -0.109. The molecule has 1 heterocycles. The first-order valence-electron chi connectivity index (χ1n) is 6.97. The Balaban J connectivity index is 2.75. The highest BCUT2D eigenvalue weighted by atomic mass is 35.5. The van der Waals surface area contributed by atoms with E-state index < -0.39 is 0 Å². The molecule has 0 aliphatic heterocycles. The predicted octanol–water partition coefficient (Wildman–Crippen LogP) is 5.32. The Hall–Kier alpha value is -1.19. The van der Waals surface area contributed by atoms with Gasteiger partial charge < -0.3 is 10.3 Å². The number of hydrogen-bond donors (Lipinski definition) is 1. The van der Waals surface area contributed by atoms with E-state index in [1.54, 1.807) is 6.07 Å². The smallest absolute Gasteiger partial charge is 0.132 e. The molecule has 21 heavy (non-hydrogen) atoms. The van der Waals surface area contributed by atoms with Gasteiger partial charge in [0.15, 0.2) is 0 Å². The van der Waals surface area contributed by atoms with Gasteiger partial charge in [-0.3, -0.25) is 0 Å². The monoisotopic (exact) mass is 325 g/mol. The Kier molecular flexibility index (Phi) is 4.27. The molecule has 3 nitrogen and oxygen atoms in total. The van der Waals surface area contributed by atoms with Crippen molar-refractivity contribution in [2.75, 3.05) is 5.73 Å². The van der Waals surface area contributed by atoms with E-state index >= 15 is 0 Å². The Morgan fingerprint density at radius 2 is 1.81 bits per heavy atom. The Bertz CT molecular complexity index is 667. The van der Waals surface area contributed by atoms with Crippen molar-refractivity contribution in [1.29, 1.82) is 0 Å². The maximum absolute atomic E-state index is 6.35. The molecule has 2 rings (SSSR count). The summed E-state index contributed by atoms with van der Waals surface area (Å²) in [5.41, 5.74) is 7.71. The molecule has 0 radical (unpaired) electrons. The summed E-state index contributed by atoms with van der Waals surface area (Å²) in [5, 5.41) is 0.990. The van der Waals surface area contributed by atoms with Gasteiger partial charge in [-0.2, -0.15) is 0 Å². The maximum Gasteiger partial charge on any atom is 0.132 e. The van der Waals surface area contributed by atoms with Crippen LogP contribution in [0.1, 0.15) is 46.5 Å². The highest BCUT2D eigenvalue weighted by Crippen LogP contribution is 2.39. The molecule has 0 saturated carbocycles. The molecule has 0 unspecified atom stereocenters. The average Bonchev–Trinajstić information content (AvgIpc) is 2.70. The SMILES string of the molecule is CC(C)n1c(C(C)(C)C)nc(-c2cccc(Cl)c2Cl)c1N. The summed E-state index contributed by atoms with van der Waals surface area (Å²) >= 11 is 12.4. The van der Waals surface area contributed by atoms with Crippen molar-refractivity contribution in [3.8, 4) is 11.3 Å². The van der Waals surface area contributed by atoms with Gasteiger partial charge in [-0.15, -0.1) is 0 Å². The summed E-state index contributed by atoms with van der Waals surface area (Å²) in [6.07, 6.45) is 0. The lowest BCUT2D eigenvalue weighted by Crippen LogP contribution is -2.21. The van der Waals surface area contributed by atoms with Crippen molar-refractivity contribution < 1.29 is 0 Å². The second-order valence-corrected chi connectivity index (χ2v) is 7.27. The van der Waals surface area contributed by atoms with Crippen LogP contribution in [0.15, 0.2) is 18.2 Å². The molecule has 2 N–H and O–H groups in total. The Morgan fingerprint density at radius 3 is 2.29 bits per heavy atom. The van der Waals surface area contributed by atoms with E-state index in [4.69, 9.17) is 33.9 Å². The number of aromatic nitrogens is 2.